The largest absolute Gasteiger partial charge is 0.456 e. The zero-order valence-electron chi connectivity index (χ0n) is 9.86. The molecule has 0 spiro atoms. The molecular weight excluding hydrogens is 210 g/mol. The van der Waals surface area contributed by atoms with E-state index in [0.717, 1.165) is 24.3 Å². The van der Waals surface area contributed by atoms with Crippen molar-refractivity contribution in [2.24, 2.45) is 0 Å². The molecule has 0 aliphatic carbocycles. The number of furan rings is 1. The Morgan fingerprint density at radius 2 is 1.82 bits per heavy atom. The molecule has 0 aliphatic heterocycles. The maximum atomic E-state index is 5.94. The Bertz CT molecular complexity index is 654. The Labute approximate surface area is 100 Å². The van der Waals surface area contributed by atoms with E-state index in [1.54, 1.807) is 0 Å². The Kier molecular flexibility index (Phi) is 2.57. The average molecular weight is 225 g/mol. The topological polar surface area (TPSA) is 25.2 Å². The Hall–Kier alpha value is -1.80. The molecule has 1 aromatic heterocycles. The number of hydrogen-bond donors (Lipinski definition) is 1. The molecule has 0 saturated heterocycles. The summed E-state index contributed by atoms with van der Waals surface area (Å²) in [5.41, 5.74) is 3.20. The van der Waals surface area contributed by atoms with Gasteiger partial charge in [-0.15, -0.1) is 0 Å². The fraction of sp³-hybridized carbons (Fsp3) is 0.200. The van der Waals surface area contributed by atoms with Crippen LogP contribution in [0.1, 0.15) is 12.5 Å². The minimum atomic E-state index is 0.855. The van der Waals surface area contributed by atoms with Crippen molar-refractivity contribution in [1.29, 1.82) is 0 Å². The molecule has 1 heterocycles. The number of benzene rings is 2. The first-order valence-electron chi connectivity index (χ1n) is 6.00. The van der Waals surface area contributed by atoms with Gasteiger partial charge in [-0.25, -0.2) is 0 Å². The minimum Gasteiger partial charge on any atom is -0.456 e. The summed E-state index contributed by atoms with van der Waals surface area (Å²) in [6, 6.07) is 14.5. The Balaban J connectivity index is 2.24. The number of nitrogens with one attached hydrogen (secondary N) is 1. The van der Waals surface area contributed by atoms with Crippen LogP contribution >= 0.6 is 0 Å². The van der Waals surface area contributed by atoms with Crippen molar-refractivity contribution in [3.63, 3.8) is 0 Å². The third-order valence-electron chi connectivity index (χ3n) is 3.05. The first-order chi connectivity index (χ1) is 8.40. The van der Waals surface area contributed by atoms with Crippen molar-refractivity contribution in [2.45, 2.75) is 13.5 Å². The number of rotatable bonds is 3. The van der Waals surface area contributed by atoms with Crippen molar-refractivity contribution in [3.8, 4) is 0 Å². The molecular formula is C15H15NO. The van der Waals surface area contributed by atoms with Gasteiger partial charge in [0.05, 0.1) is 0 Å². The van der Waals surface area contributed by atoms with Gasteiger partial charge in [0.1, 0.15) is 11.2 Å². The van der Waals surface area contributed by atoms with Gasteiger partial charge in [-0.3, -0.25) is 0 Å². The van der Waals surface area contributed by atoms with Gasteiger partial charge in [-0.1, -0.05) is 43.3 Å². The molecule has 1 N–H and O–H groups in total. The number of hydrogen-bond acceptors (Lipinski definition) is 2. The van der Waals surface area contributed by atoms with Crippen LogP contribution < -0.4 is 5.32 Å². The van der Waals surface area contributed by atoms with Crippen molar-refractivity contribution in [2.75, 3.05) is 6.54 Å². The van der Waals surface area contributed by atoms with E-state index in [9.17, 15) is 0 Å². The highest BCUT2D eigenvalue weighted by molar-refractivity contribution is 6.05. The summed E-state index contributed by atoms with van der Waals surface area (Å²) in [5.74, 6) is 0. The van der Waals surface area contributed by atoms with Crippen molar-refractivity contribution in [1.82, 2.24) is 5.32 Å². The second-order valence-corrected chi connectivity index (χ2v) is 4.17. The molecule has 0 aliphatic rings. The van der Waals surface area contributed by atoms with Crippen molar-refractivity contribution >= 4 is 21.9 Å². The van der Waals surface area contributed by atoms with Crippen LogP contribution in [0.5, 0.6) is 0 Å². The summed E-state index contributed by atoms with van der Waals surface area (Å²) < 4.78 is 5.94. The van der Waals surface area contributed by atoms with E-state index < -0.39 is 0 Å². The predicted octanol–water partition coefficient (Wildman–Crippen LogP) is 3.70. The summed E-state index contributed by atoms with van der Waals surface area (Å²) >= 11 is 0. The molecule has 0 unspecified atom stereocenters. The second kappa shape index (κ2) is 4.22. The van der Waals surface area contributed by atoms with E-state index in [0.29, 0.717) is 0 Å². The molecule has 0 bridgehead atoms. The van der Waals surface area contributed by atoms with E-state index in [1.807, 2.05) is 18.2 Å². The van der Waals surface area contributed by atoms with Gasteiger partial charge in [0, 0.05) is 22.9 Å². The van der Waals surface area contributed by atoms with E-state index in [2.05, 4.69) is 36.5 Å². The molecule has 3 rings (SSSR count). The molecule has 17 heavy (non-hydrogen) atoms. The highest BCUT2D eigenvalue weighted by Gasteiger charge is 2.09. The lowest BCUT2D eigenvalue weighted by Gasteiger charge is -2.02. The molecule has 0 fully saturated rings. The maximum absolute atomic E-state index is 5.94. The summed E-state index contributed by atoms with van der Waals surface area (Å²) in [4.78, 5) is 0. The highest BCUT2D eigenvalue weighted by Crippen LogP contribution is 2.30. The van der Waals surface area contributed by atoms with Crippen LogP contribution in [-0.4, -0.2) is 6.54 Å². The maximum Gasteiger partial charge on any atom is 0.139 e. The standard InChI is InChI=1S/C15H15NO/c1-2-16-10-11-6-5-8-13-12-7-3-4-9-14(12)17-15(11)13/h3-9,16H,2,10H2,1H3. The molecule has 0 atom stereocenters. The minimum absolute atomic E-state index is 0.855. The van der Waals surface area contributed by atoms with Crippen LogP contribution in [0.3, 0.4) is 0 Å². The number of para-hydroxylation sites is 2. The summed E-state index contributed by atoms with van der Waals surface area (Å²) in [6.45, 7) is 3.93. The van der Waals surface area contributed by atoms with Crippen LogP contribution in [0.4, 0.5) is 0 Å². The van der Waals surface area contributed by atoms with Crippen LogP contribution in [0.25, 0.3) is 21.9 Å². The molecule has 0 amide bonds. The number of fused-ring (bicyclic) bond motifs is 3. The lowest BCUT2D eigenvalue weighted by atomic mass is 10.1. The molecule has 2 aromatic carbocycles. The van der Waals surface area contributed by atoms with Crippen LogP contribution in [-0.2, 0) is 6.54 Å². The van der Waals surface area contributed by atoms with Gasteiger partial charge in [0.2, 0.25) is 0 Å². The van der Waals surface area contributed by atoms with Gasteiger partial charge in [0.15, 0.2) is 0 Å². The molecule has 86 valence electrons. The van der Waals surface area contributed by atoms with E-state index in [4.69, 9.17) is 4.42 Å². The fourth-order valence-corrected chi connectivity index (χ4v) is 2.20. The van der Waals surface area contributed by atoms with E-state index in [1.165, 1.54) is 16.3 Å². The van der Waals surface area contributed by atoms with Gasteiger partial charge in [-0.05, 0) is 12.6 Å². The van der Waals surface area contributed by atoms with Gasteiger partial charge >= 0.3 is 0 Å². The predicted molar refractivity (Wildman–Crippen MR) is 71.1 cm³/mol. The summed E-state index contributed by atoms with van der Waals surface area (Å²) in [6.07, 6.45) is 0. The van der Waals surface area contributed by atoms with Crippen LogP contribution in [0.2, 0.25) is 0 Å². The van der Waals surface area contributed by atoms with Crippen LogP contribution in [0.15, 0.2) is 46.9 Å². The van der Waals surface area contributed by atoms with E-state index >= 15 is 0 Å². The normalized spacial score (nSPS) is 11.4. The second-order valence-electron chi connectivity index (χ2n) is 4.17. The quantitative estimate of drug-likeness (QED) is 0.735. The Morgan fingerprint density at radius 1 is 1.00 bits per heavy atom. The fourth-order valence-electron chi connectivity index (χ4n) is 2.20. The molecule has 3 aromatic rings. The lowest BCUT2D eigenvalue weighted by Crippen LogP contribution is -2.11. The first-order valence-corrected chi connectivity index (χ1v) is 6.00. The van der Waals surface area contributed by atoms with Crippen molar-refractivity contribution in [3.05, 3.63) is 48.0 Å². The molecule has 2 nitrogen and oxygen atoms in total. The van der Waals surface area contributed by atoms with Crippen LogP contribution in [0, 0.1) is 0 Å². The monoisotopic (exact) mass is 225 g/mol. The Morgan fingerprint density at radius 3 is 2.71 bits per heavy atom. The van der Waals surface area contributed by atoms with Gasteiger partial charge < -0.3 is 9.73 Å². The van der Waals surface area contributed by atoms with Crippen molar-refractivity contribution < 1.29 is 4.42 Å². The zero-order chi connectivity index (χ0) is 11.7. The van der Waals surface area contributed by atoms with E-state index in [-0.39, 0.29) is 0 Å². The summed E-state index contributed by atoms with van der Waals surface area (Å²) in [5, 5.41) is 5.74. The molecule has 0 saturated carbocycles. The average Bonchev–Trinajstić information content (AvgIpc) is 2.75. The molecule has 2 heteroatoms. The smallest absolute Gasteiger partial charge is 0.139 e. The SMILES string of the molecule is CCNCc1cccc2c1oc1ccccc12. The van der Waals surface area contributed by atoms with Gasteiger partial charge in [0.25, 0.3) is 0 Å². The first kappa shape index (κ1) is 10.4. The highest BCUT2D eigenvalue weighted by atomic mass is 16.3. The third kappa shape index (κ3) is 1.71. The third-order valence-corrected chi connectivity index (χ3v) is 3.05. The van der Waals surface area contributed by atoms with Gasteiger partial charge in [-0.2, -0.15) is 0 Å². The zero-order valence-corrected chi connectivity index (χ0v) is 9.86. The summed E-state index contributed by atoms with van der Waals surface area (Å²) in [7, 11) is 0. The lowest BCUT2D eigenvalue weighted by molar-refractivity contribution is 0.651. The molecule has 0 radical (unpaired) electrons.